The Morgan fingerprint density at radius 2 is 1.86 bits per heavy atom. The molecule has 0 saturated carbocycles. The van der Waals surface area contributed by atoms with Gasteiger partial charge in [0.2, 0.25) is 10.0 Å². The van der Waals surface area contributed by atoms with Gasteiger partial charge in [0, 0.05) is 25.7 Å². The summed E-state index contributed by atoms with van der Waals surface area (Å²) in [5, 5.41) is 34.3. The van der Waals surface area contributed by atoms with E-state index in [2.05, 4.69) is 15.6 Å². The maximum atomic E-state index is 13.6. The first kappa shape index (κ1) is 27.4. The van der Waals surface area contributed by atoms with E-state index in [0.717, 1.165) is 9.87 Å². The Balaban J connectivity index is 1.87. The van der Waals surface area contributed by atoms with Crippen LogP contribution in [0.25, 0.3) is 11.1 Å². The molecule has 12 heteroatoms. The van der Waals surface area contributed by atoms with Crippen LogP contribution in [0.5, 0.6) is 0 Å². The molecular formula is C24H32N4O7S. The van der Waals surface area contributed by atoms with Crippen molar-refractivity contribution in [2.24, 2.45) is 5.92 Å². The molecule has 36 heavy (non-hydrogen) atoms. The predicted octanol–water partition coefficient (Wildman–Crippen LogP) is 2.12. The van der Waals surface area contributed by atoms with E-state index in [4.69, 9.17) is 9.52 Å². The average molecular weight is 521 g/mol. The minimum Gasteiger partial charge on any atom is -0.465 e. The van der Waals surface area contributed by atoms with Gasteiger partial charge in [-0.1, -0.05) is 44.2 Å². The lowest BCUT2D eigenvalue weighted by Crippen LogP contribution is -2.50. The van der Waals surface area contributed by atoms with Crippen molar-refractivity contribution in [1.29, 1.82) is 0 Å². The quantitative estimate of drug-likeness (QED) is 0.227. The Labute approximate surface area is 209 Å². The first-order valence-electron chi connectivity index (χ1n) is 11.6. The number of nitrogens with zero attached hydrogens (tertiary/aromatic N) is 2. The summed E-state index contributed by atoms with van der Waals surface area (Å²) in [5.74, 6) is -0.0599. The largest absolute Gasteiger partial charge is 0.465 e. The zero-order valence-electron chi connectivity index (χ0n) is 20.2. The van der Waals surface area contributed by atoms with Crippen molar-refractivity contribution < 1.29 is 32.9 Å². The van der Waals surface area contributed by atoms with Crippen molar-refractivity contribution in [3.63, 3.8) is 0 Å². The van der Waals surface area contributed by atoms with E-state index in [0.29, 0.717) is 5.52 Å². The number of nitrogens with one attached hydrogen (secondary N) is 2. The number of aromatic nitrogens is 1. The van der Waals surface area contributed by atoms with Gasteiger partial charge in [0.15, 0.2) is 5.58 Å². The number of benzene rings is 2. The molecule has 0 aliphatic heterocycles. The summed E-state index contributed by atoms with van der Waals surface area (Å²) >= 11 is 0. The Kier molecular flexibility index (Phi) is 9.26. The third-order valence-corrected chi connectivity index (χ3v) is 7.24. The van der Waals surface area contributed by atoms with Crippen LogP contribution in [0.2, 0.25) is 0 Å². The first-order chi connectivity index (χ1) is 17.1. The summed E-state index contributed by atoms with van der Waals surface area (Å²) in [6.45, 7) is 3.62. The number of rotatable bonds is 13. The van der Waals surface area contributed by atoms with Crippen LogP contribution in [-0.2, 0) is 16.4 Å². The summed E-state index contributed by atoms with van der Waals surface area (Å²) in [7, 11) is -4.08. The molecular weight excluding hydrogens is 488 g/mol. The lowest BCUT2D eigenvalue weighted by Gasteiger charge is -2.30. The number of fused-ring (bicyclic) bond motifs is 1. The highest BCUT2D eigenvalue weighted by Crippen LogP contribution is 2.25. The molecule has 0 spiro atoms. The van der Waals surface area contributed by atoms with Crippen LogP contribution in [0.1, 0.15) is 19.4 Å². The Hall–Kier alpha value is -3.19. The topological polar surface area (TPSA) is 165 Å². The number of sulfonamides is 1. The molecule has 1 heterocycles. The van der Waals surface area contributed by atoms with E-state index in [1.165, 1.54) is 18.2 Å². The second-order valence-corrected chi connectivity index (χ2v) is 10.8. The number of anilines is 1. The van der Waals surface area contributed by atoms with Gasteiger partial charge in [0.05, 0.1) is 23.6 Å². The fraction of sp³-hybridized carbons (Fsp3) is 0.417. The van der Waals surface area contributed by atoms with Crippen molar-refractivity contribution in [2.75, 3.05) is 31.6 Å². The predicted molar refractivity (Wildman–Crippen MR) is 134 cm³/mol. The number of amides is 1. The molecule has 5 N–H and O–H groups in total. The molecule has 0 radical (unpaired) electrons. The number of aliphatic hydroxyl groups is 2. The van der Waals surface area contributed by atoms with Gasteiger partial charge in [-0.25, -0.2) is 13.2 Å². The molecule has 3 aromatic rings. The maximum Gasteiger partial charge on any atom is 0.404 e. The molecule has 0 saturated heterocycles. The van der Waals surface area contributed by atoms with Gasteiger partial charge in [0.25, 0.3) is 6.01 Å². The molecule has 0 bridgehead atoms. The van der Waals surface area contributed by atoms with Crippen molar-refractivity contribution in [1.82, 2.24) is 14.6 Å². The van der Waals surface area contributed by atoms with E-state index in [-0.39, 0.29) is 55.1 Å². The number of hydrogen-bond acceptors (Lipinski definition) is 8. The highest BCUT2D eigenvalue weighted by Gasteiger charge is 2.31. The van der Waals surface area contributed by atoms with Gasteiger partial charge >= 0.3 is 6.09 Å². The summed E-state index contributed by atoms with van der Waals surface area (Å²) in [4.78, 5) is 15.6. The number of aliphatic hydroxyl groups excluding tert-OH is 2. The molecule has 2 unspecified atom stereocenters. The van der Waals surface area contributed by atoms with Crippen LogP contribution in [-0.4, -0.2) is 77.5 Å². The lowest BCUT2D eigenvalue weighted by atomic mass is 10.0. The average Bonchev–Trinajstić information content (AvgIpc) is 3.24. The van der Waals surface area contributed by atoms with Crippen LogP contribution in [0.15, 0.2) is 57.8 Å². The molecule has 0 aliphatic carbocycles. The highest BCUT2D eigenvalue weighted by atomic mass is 32.2. The van der Waals surface area contributed by atoms with E-state index >= 15 is 0 Å². The molecule has 1 aromatic heterocycles. The van der Waals surface area contributed by atoms with Gasteiger partial charge in [0.1, 0.15) is 5.52 Å². The Morgan fingerprint density at radius 3 is 2.50 bits per heavy atom. The Bertz CT molecular complexity index is 1250. The van der Waals surface area contributed by atoms with Gasteiger partial charge in [-0.3, -0.25) is 0 Å². The zero-order valence-corrected chi connectivity index (χ0v) is 21.0. The molecule has 2 aromatic carbocycles. The number of carboxylic acid groups (broad SMARTS) is 1. The van der Waals surface area contributed by atoms with E-state index in [1.807, 2.05) is 32.0 Å². The lowest BCUT2D eigenvalue weighted by molar-refractivity contribution is 0.0980. The van der Waals surface area contributed by atoms with Crippen molar-refractivity contribution in [3.8, 4) is 0 Å². The summed E-state index contributed by atoms with van der Waals surface area (Å²) in [6, 6.07) is 12.6. The molecule has 2 atom stereocenters. The maximum absolute atomic E-state index is 13.6. The molecule has 0 aliphatic rings. The second-order valence-electron chi connectivity index (χ2n) is 8.83. The van der Waals surface area contributed by atoms with E-state index < -0.39 is 28.3 Å². The van der Waals surface area contributed by atoms with Gasteiger partial charge in [-0.05, 0) is 30.0 Å². The van der Waals surface area contributed by atoms with Crippen LogP contribution in [0, 0.1) is 5.92 Å². The SMILES string of the molecule is CC(C)CN(CC(O)C(Cc1ccccc1)NC(=O)O)S(=O)(=O)c1ccc2nc(NCCO)oc2c1. The van der Waals surface area contributed by atoms with Gasteiger partial charge in [-0.15, -0.1) is 0 Å². The van der Waals surface area contributed by atoms with Crippen molar-refractivity contribution in [3.05, 3.63) is 54.1 Å². The summed E-state index contributed by atoms with van der Waals surface area (Å²) in [6.07, 6.45) is -2.43. The van der Waals surface area contributed by atoms with Crippen LogP contribution >= 0.6 is 0 Å². The third kappa shape index (κ3) is 7.17. The normalized spacial score (nSPS) is 13.7. The smallest absolute Gasteiger partial charge is 0.404 e. The fourth-order valence-corrected chi connectivity index (χ4v) is 5.41. The second kappa shape index (κ2) is 12.2. The van der Waals surface area contributed by atoms with Crippen LogP contribution in [0.3, 0.4) is 0 Å². The molecule has 1 amide bonds. The molecule has 11 nitrogen and oxygen atoms in total. The monoisotopic (exact) mass is 520 g/mol. The van der Waals surface area contributed by atoms with E-state index in [1.54, 1.807) is 12.1 Å². The third-order valence-electron chi connectivity index (χ3n) is 5.42. The molecule has 3 rings (SSSR count). The number of oxazole rings is 1. The number of hydrogen-bond donors (Lipinski definition) is 5. The minimum atomic E-state index is -4.08. The van der Waals surface area contributed by atoms with Crippen LogP contribution < -0.4 is 10.6 Å². The van der Waals surface area contributed by atoms with Gasteiger partial charge < -0.3 is 30.4 Å². The molecule has 0 fully saturated rings. The zero-order chi connectivity index (χ0) is 26.3. The Morgan fingerprint density at radius 1 is 1.14 bits per heavy atom. The highest BCUT2D eigenvalue weighted by molar-refractivity contribution is 7.89. The number of carbonyl (C=O) groups is 1. The van der Waals surface area contributed by atoms with E-state index in [9.17, 15) is 23.4 Å². The fourth-order valence-electron chi connectivity index (χ4n) is 3.78. The van der Waals surface area contributed by atoms with Crippen molar-refractivity contribution >= 4 is 33.2 Å². The summed E-state index contributed by atoms with van der Waals surface area (Å²) < 4.78 is 33.9. The minimum absolute atomic E-state index is 0.0430. The van der Waals surface area contributed by atoms with Crippen molar-refractivity contribution in [2.45, 2.75) is 37.3 Å². The van der Waals surface area contributed by atoms with Gasteiger partial charge in [-0.2, -0.15) is 9.29 Å². The molecule has 196 valence electrons. The summed E-state index contributed by atoms with van der Waals surface area (Å²) in [5.41, 5.74) is 1.49. The standard InChI is InChI=1S/C24H32N4O7S/c1-16(2)14-28(15-21(30)20(27-24(31)32)12-17-6-4-3-5-7-17)36(33,34)18-8-9-19-22(13-18)35-23(26-19)25-10-11-29/h3-9,13,16,20-21,27,29-30H,10-12,14-15H2,1-2H3,(H,25,26)(H,31,32). The first-order valence-corrected chi connectivity index (χ1v) is 13.0. The van der Waals surface area contributed by atoms with Crippen LogP contribution in [0.4, 0.5) is 10.8 Å².